The Labute approximate surface area is 78.5 Å². The number of thioether (sulfide) groups is 1. The van der Waals surface area contributed by atoms with Gasteiger partial charge in [-0.05, 0) is 20.1 Å². The molecule has 0 atom stereocenters. The van der Waals surface area contributed by atoms with Gasteiger partial charge >= 0.3 is 0 Å². The second kappa shape index (κ2) is 5.43. The molecule has 3 N–H and O–H groups in total. The van der Waals surface area contributed by atoms with Crippen molar-refractivity contribution in [3.8, 4) is 0 Å². The molecule has 1 amide bonds. The molecule has 0 saturated carbocycles. The van der Waals surface area contributed by atoms with Crippen molar-refractivity contribution in [1.82, 2.24) is 5.32 Å². The van der Waals surface area contributed by atoms with Crippen molar-refractivity contribution in [1.29, 1.82) is 0 Å². The highest BCUT2D eigenvalue weighted by Gasteiger charge is 2.15. The predicted octanol–water partition coefficient (Wildman–Crippen LogP) is 0.593. The van der Waals surface area contributed by atoms with Gasteiger partial charge in [-0.2, -0.15) is 11.8 Å². The van der Waals surface area contributed by atoms with Crippen molar-refractivity contribution in [3.63, 3.8) is 0 Å². The first-order chi connectivity index (χ1) is 5.45. The van der Waals surface area contributed by atoms with E-state index in [1.165, 1.54) is 0 Å². The Bertz CT molecular complexity index is 142. The summed E-state index contributed by atoms with van der Waals surface area (Å²) in [5.41, 5.74) is 5.28. The lowest BCUT2D eigenvalue weighted by Crippen LogP contribution is -2.39. The molecule has 0 heterocycles. The van der Waals surface area contributed by atoms with Crippen molar-refractivity contribution in [2.75, 3.05) is 18.6 Å². The zero-order valence-corrected chi connectivity index (χ0v) is 8.83. The van der Waals surface area contributed by atoms with Crippen molar-refractivity contribution < 1.29 is 4.79 Å². The summed E-state index contributed by atoms with van der Waals surface area (Å²) in [6, 6.07) is 0. The van der Waals surface area contributed by atoms with Gasteiger partial charge in [0.25, 0.3) is 0 Å². The maximum absolute atomic E-state index is 11.1. The van der Waals surface area contributed by atoms with E-state index >= 15 is 0 Å². The summed E-state index contributed by atoms with van der Waals surface area (Å²) in [6.45, 7) is 4.43. The van der Waals surface area contributed by atoms with Gasteiger partial charge in [-0.1, -0.05) is 0 Å². The molecule has 0 radical (unpaired) electrons. The molecular formula is C8H18N2OS. The molecule has 3 nitrogen and oxygen atoms in total. The summed E-state index contributed by atoms with van der Waals surface area (Å²) in [5, 5.41) is 2.80. The van der Waals surface area contributed by atoms with Crippen molar-refractivity contribution in [2.24, 2.45) is 5.73 Å². The Morgan fingerprint density at radius 3 is 2.58 bits per heavy atom. The van der Waals surface area contributed by atoms with Crippen LogP contribution in [-0.2, 0) is 4.79 Å². The van der Waals surface area contributed by atoms with Crippen LogP contribution in [0, 0.1) is 0 Å². The zero-order chi connectivity index (χ0) is 9.61. The van der Waals surface area contributed by atoms with E-state index in [9.17, 15) is 4.79 Å². The normalized spacial score (nSPS) is 11.3. The van der Waals surface area contributed by atoms with Gasteiger partial charge in [0.05, 0.1) is 0 Å². The fourth-order valence-corrected chi connectivity index (χ4v) is 1.08. The third-order valence-corrected chi connectivity index (χ3v) is 1.86. The summed E-state index contributed by atoms with van der Waals surface area (Å²) < 4.78 is 0. The molecule has 0 aliphatic heterocycles. The number of hydrogen-bond donors (Lipinski definition) is 2. The van der Waals surface area contributed by atoms with E-state index < -0.39 is 5.54 Å². The Balaban J connectivity index is 3.47. The largest absolute Gasteiger partial charge is 0.355 e. The van der Waals surface area contributed by atoms with Crippen LogP contribution in [-0.4, -0.2) is 30.0 Å². The molecule has 0 aromatic rings. The Morgan fingerprint density at radius 2 is 2.17 bits per heavy atom. The fourth-order valence-electron chi connectivity index (χ4n) is 0.769. The summed E-state index contributed by atoms with van der Waals surface area (Å²) in [4.78, 5) is 11.1. The highest BCUT2D eigenvalue weighted by molar-refractivity contribution is 7.98. The summed E-state index contributed by atoms with van der Waals surface area (Å²) in [5.74, 6) is 0.994. The van der Waals surface area contributed by atoms with Crippen molar-refractivity contribution >= 4 is 17.7 Å². The van der Waals surface area contributed by atoms with E-state index in [1.54, 1.807) is 11.8 Å². The second-order valence-electron chi connectivity index (χ2n) is 3.51. The minimum atomic E-state index is -0.399. The quantitative estimate of drug-likeness (QED) is 0.624. The van der Waals surface area contributed by atoms with Gasteiger partial charge in [-0.15, -0.1) is 0 Å². The SMILES string of the molecule is CSCCNC(=O)CC(C)(C)N. The van der Waals surface area contributed by atoms with E-state index in [-0.39, 0.29) is 5.91 Å². The highest BCUT2D eigenvalue weighted by atomic mass is 32.2. The van der Waals surface area contributed by atoms with Crippen molar-refractivity contribution in [3.05, 3.63) is 0 Å². The average Bonchev–Trinajstić information content (AvgIpc) is 1.84. The number of amides is 1. The molecule has 0 aliphatic rings. The lowest BCUT2D eigenvalue weighted by atomic mass is 10.0. The first-order valence-electron chi connectivity index (χ1n) is 4.00. The Hall–Kier alpha value is -0.220. The van der Waals surface area contributed by atoms with Gasteiger partial charge in [0.2, 0.25) is 5.91 Å². The first kappa shape index (κ1) is 11.8. The third kappa shape index (κ3) is 7.88. The molecule has 0 rings (SSSR count). The molecule has 0 aliphatic carbocycles. The molecular weight excluding hydrogens is 172 g/mol. The number of rotatable bonds is 5. The molecule has 0 bridgehead atoms. The monoisotopic (exact) mass is 190 g/mol. The minimum absolute atomic E-state index is 0.0385. The molecule has 0 aromatic carbocycles. The first-order valence-corrected chi connectivity index (χ1v) is 5.39. The molecule has 0 saturated heterocycles. The van der Waals surface area contributed by atoms with Gasteiger partial charge in [0, 0.05) is 24.3 Å². The van der Waals surface area contributed by atoms with E-state index in [2.05, 4.69) is 5.32 Å². The lowest BCUT2D eigenvalue weighted by molar-refractivity contribution is -0.121. The predicted molar refractivity (Wildman–Crippen MR) is 54.3 cm³/mol. The van der Waals surface area contributed by atoms with Crippen LogP contribution in [0.3, 0.4) is 0 Å². The van der Waals surface area contributed by atoms with E-state index in [0.717, 1.165) is 12.3 Å². The van der Waals surface area contributed by atoms with Gasteiger partial charge < -0.3 is 11.1 Å². The molecule has 0 aromatic heterocycles. The maximum Gasteiger partial charge on any atom is 0.221 e. The smallest absolute Gasteiger partial charge is 0.221 e. The van der Waals surface area contributed by atoms with Crippen LogP contribution in [0.5, 0.6) is 0 Å². The van der Waals surface area contributed by atoms with Crippen LogP contribution >= 0.6 is 11.8 Å². The van der Waals surface area contributed by atoms with E-state index in [1.807, 2.05) is 20.1 Å². The Morgan fingerprint density at radius 1 is 1.58 bits per heavy atom. The van der Waals surface area contributed by atoms with Gasteiger partial charge in [-0.3, -0.25) is 4.79 Å². The summed E-state index contributed by atoms with van der Waals surface area (Å²) in [6.07, 6.45) is 2.40. The van der Waals surface area contributed by atoms with Crippen LogP contribution in [0.4, 0.5) is 0 Å². The molecule has 0 spiro atoms. The zero-order valence-electron chi connectivity index (χ0n) is 8.02. The van der Waals surface area contributed by atoms with E-state index in [0.29, 0.717) is 6.42 Å². The topological polar surface area (TPSA) is 55.1 Å². The van der Waals surface area contributed by atoms with Crippen LogP contribution in [0.1, 0.15) is 20.3 Å². The second-order valence-corrected chi connectivity index (χ2v) is 4.49. The standard InChI is InChI=1S/C8H18N2OS/c1-8(2,9)6-7(11)10-4-5-12-3/h4-6,9H2,1-3H3,(H,10,11). The lowest BCUT2D eigenvalue weighted by Gasteiger charge is -2.17. The molecule has 12 heavy (non-hydrogen) atoms. The van der Waals surface area contributed by atoms with Crippen LogP contribution in [0.2, 0.25) is 0 Å². The molecule has 0 fully saturated rings. The third-order valence-electron chi connectivity index (χ3n) is 1.24. The number of carbonyl (C=O) groups excluding carboxylic acids is 1. The van der Waals surface area contributed by atoms with Crippen LogP contribution < -0.4 is 11.1 Å². The van der Waals surface area contributed by atoms with Gasteiger partial charge in [-0.25, -0.2) is 0 Å². The minimum Gasteiger partial charge on any atom is -0.355 e. The number of carbonyl (C=O) groups is 1. The Kier molecular flexibility index (Phi) is 5.33. The molecule has 0 unspecified atom stereocenters. The molecule has 4 heteroatoms. The van der Waals surface area contributed by atoms with Crippen LogP contribution in [0.15, 0.2) is 0 Å². The highest BCUT2D eigenvalue weighted by Crippen LogP contribution is 2.02. The van der Waals surface area contributed by atoms with Crippen LogP contribution in [0.25, 0.3) is 0 Å². The summed E-state index contributed by atoms with van der Waals surface area (Å²) >= 11 is 1.72. The van der Waals surface area contributed by atoms with Crippen molar-refractivity contribution in [2.45, 2.75) is 25.8 Å². The number of nitrogens with two attached hydrogens (primary N) is 1. The number of nitrogens with one attached hydrogen (secondary N) is 1. The molecule has 72 valence electrons. The van der Waals surface area contributed by atoms with Gasteiger partial charge in [0.15, 0.2) is 0 Å². The fraction of sp³-hybridized carbons (Fsp3) is 0.875. The number of hydrogen-bond acceptors (Lipinski definition) is 3. The average molecular weight is 190 g/mol. The summed E-state index contributed by atoms with van der Waals surface area (Å²) in [7, 11) is 0. The van der Waals surface area contributed by atoms with Gasteiger partial charge in [0.1, 0.15) is 0 Å². The maximum atomic E-state index is 11.1. The van der Waals surface area contributed by atoms with E-state index in [4.69, 9.17) is 5.73 Å².